The number of hydrogen-bond acceptors (Lipinski definition) is 2. The van der Waals surface area contributed by atoms with Gasteiger partial charge in [0.2, 0.25) is 0 Å². The first kappa shape index (κ1) is 16.1. The number of benzene rings is 1. The third-order valence-electron chi connectivity index (χ3n) is 4.27. The van der Waals surface area contributed by atoms with Gasteiger partial charge in [-0.1, -0.05) is 49.2 Å². The van der Waals surface area contributed by atoms with Gasteiger partial charge in [0.25, 0.3) is 0 Å². The molecule has 2 rings (SSSR count). The third kappa shape index (κ3) is 4.11. The first-order chi connectivity index (χ1) is 9.39. The van der Waals surface area contributed by atoms with Gasteiger partial charge in [-0.15, -0.1) is 0 Å². The normalized spacial score (nSPS) is 20.9. The summed E-state index contributed by atoms with van der Waals surface area (Å²) < 4.78 is 0. The molecule has 0 aromatic heterocycles. The van der Waals surface area contributed by atoms with Crippen molar-refractivity contribution in [3.63, 3.8) is 0 Å². The van der Waals surface area contributed by atoms with E-state index < -0.39 is 6.10 Å². The second kappa shape index (κ2) is 6.65. The predicted molar refractivity (Wildman–Crippen MR) is 85.5 cm³/mol. The lowest BCUT2D eigenvalue weighted by atomic mass is 9.82. The van der Waals surface area contributed by atoms with Crippen LogP contribution in [0.25, 0.3) is 0 Å². The molecule has 1 heterocycles. The van der Waals surface area contributed by atoms with Crippen LogP contribution in [0.15, 0.2) is 18.2 Å². The van der Waals surface area contributed by atoms with Gasteiger partial charge in [0.15, 0.2) is 0 Å². The Morgan fingerprint density at radius 1 is 1.25 bits per heavy atom. The van der Waals surface area contributed by atoms with E-state index in [1.807, 2.05) is 12.1 Å². The van der Waals surface area contributed by atoms with Crippen LogP contribution in [0, 0.1) is 5.41 Å². The smallest absolute Gasteiger partial charge is 0.0817 e. The molecule has 1 aromatic carbocycles. The fraction of sp³-hybridized carbons (Fsp3) is 0.625. The zero-order chi connectivity index (χ0) is 14.8. The third-order valence-corrected chi connectivity index (χ3v) is 5.10. The SMILES string of the molecule is CC1(C)CCN(CCC(O)c2cccc(Cl)c2Cl)CC1. The Labute approximate surface area is 131 Å². The molecule has 1 aliphatic rings. The molecule has 1 aliphatic heterocycles. The summed E-state index contributed by atoms with van der Waals surface area (Å²) in [4.78, 5) is 2.42. The molecule has 0 aliphatic carbocycles. The number of likely N-dealkylation sites (tertiary alicyclic amines) is 1. The summed E-state index contributed by atoms with van der Waals surface area (Å²) in [6, 6.07) is 5.42. The number of hydrogen-bond donors (Lipinski definition) is 1. The van der Waals surface area contributed by atoms with E-state index >= 15 is 0 Å². The van der Waals surface area contributed by atoms with E-state index in [-0.39, 0.29) is 0 Å². The van der Waals surface area contributed by atoms with Crippen LogP contribution in [0.3, 0.4) is 0 Å². The molecule has 112 valence electrons. The van der Waals surface area contributed by atoms with Gasteiger partial charge in [-0.25, -0.2) is 0 Å². The topological polar surface area (TPSA) is 23.5 Å². The van der Waals surface area contributed by atoms with Crippen molar-refractivity contribution >= 4 is 23.2 Å². The summed E-state index contributed by atoms with van der Waals surface area (Å²) >= 11 is 12.1. The Morgan fingerprint density at radius 3 is 2.55 bits per heavy atom. The van der Waals surface area contributed by atoms with Gasteiger partial charge in [-0.05, 0) is 43.8 Å². The van der Waals surface area contributed by atoms with E-state index in [0.29, 0.717) is 21.9 Å². The van der Waals surface area contributed by atoms with Crippen LogP contribution in [0.5, 0.6) is 0 Å². The number of aliphatic hydroxyl groups excluding tert-OH is 1. The minimum atomic E-state index is -0.545. The summed E-state index contributed by atoms with van der Waals surface area (Å²) in [6.07, 6.45) is 2.60. The molecule has 1 N–H and O–H groups in total. The van der Waals surface area contributed by atoms with Crippen LogP contribution in [-0.4, -0.2) is 29.6 Å². The zero-order valence-corrected chi connectivity index (χ0v) is 13.7. The Kier molecular flexibility index (Phi) is 5.36. The van der Waals surface area contributed by atoms with Gasteiger partial charge in [-0.3, -0.25) is 0 Å². The van der Waals surface area contributed by atoms with Crippen molar-refractivity contribution < 1.29 is 5.11 Å². The molecule has 1 fully saturated rings. The highest BCUT2D eigenvalue weighted by atomic mass is 35.5. The molecule has 1 aromatic rings. The zero-order valence-electron chi connectivity index (χ0n) is 12.2. The predicted octanol–water partition coefficient (Wildman–Crippen LogP) is 4.54. The van der Waals surface area contributed by atoms with Crippen molar-refractivity contribution in [3.8, 4) is 0 Å². The fourth-order valence-electron chi connectivity index (χ4n) is 2.62. The largest absolute Gasteiger partial charge is 0.388 e. The summed E-state index contributed by atoms with van der Waals surface area (Å²) in [7, 11) is 0. The van der Waals surface area contributed by atoms with E-state index in [1.54, 1.807) is 6.07 Å². The second-order valence-corrected chi connectivity index (χ2v) is 7.24. The molecule has 0 radical (unpaired) electrons. The maximum absolute atomic E-state index is 10.3. The summed E-state index contributed by atoms with van der Waals surface area (Å²) in [5.41, 5.74) is 1.20. The molecule has 0 amide bonds. The number of halogens is 2. The molecular formula is C16H23Cl2NO. The lowest BCUT2D eigenvalue weighted by Crippen LogP contribution is -2.38. The minimum absolute atomic E-state index is 0.464. The Hall–Kier alpha value is -0.280. The average Bonchev–Trinajstić information content (AvgIpc) is 2.40. The van der Waals surface area contributed by atoms with Crippen LogP contribution in [0.1, 0.15) is 44.8 Å². The molecule has 1 saturated heterocycles. The maximum atomic E-state index is 10.3. The van der Waals surface area contributed by atoms with Crippen molar-refractivity contribution in [2.24, 2.45) is 5.41 Å². The number of aliphatic hydroxyl groups is 1. The first-order valence-corrected chi connectivity index (χ1v) is 7.99. The Bertz CT molecular complexity index is 452. The van der Waals surface area contributed by atoms with E-state index in [2.05, 4.69) is 18.7 Å². The van der Waals surface area contributed by atoms with Crippen LogP contribution >= 0.6 is 23.2 Å². The molecule has 4 heteroatoms. The van der Waals surface area contributed by atoms with Gasteiger partial charge in [0.1, 0.15) is 0 Å². The van der Waals surface area contributed by atoms with E-state index in [4.69, 9.17) is 23.2 Å². The number of nitrogens with zero attached hydrogens (tertiary/aromatic N) is 1. The molecule has 0 bridgehead atoms. The van der Waals surface area contributed by atoms with E-state index in [0.717, 1.165) is 25.2 Å². The summed E-state index contributed by atoms with van der Waals surface area (Å²) in [5.74, 6) is 0. The maximum Gasteiger partial charge on any atom is 0.0817 e. The van der Waals surface area contributed by atoms with Crippen LogP contribution < -0.4 is 0 Å². The van der Waals surface area contributed by atoms with Crippen LogP contribution in [0.2, 0.25) is 10.0 Å². The number of rotatable bonds is 4. The van der Waals surface area contributed by atoms with Crippen molar-refractivity contribution in [2.75, 3.05) is 19.6 Å². The molecular weight excluding hydrogens is 293 g/mol. The minimum Gasteiger partial charge on any atom is -0.388 e. The highest BCUT2D eigenvalue weighted by molar-refractivity contribution is 6.42. The summed E-state index contributed by atoms with van der Waals surface area (Å²) in [6.45, 7) is 7.78. The van der Waals surface area contributed by atoms with Crippen molar-refractivity contribution in [1.82, 2.24) is 4.90 Å². The average molecular weight is 316 g/mol. The highest BCUT2D eigenvalue weighted by Gasteiger charge is 2.25. The van der Waals surface area contributed by atoms with Crippen molar-refractivity contribution in [2.45, 2.75) is 39.2 Å². The van der Waals surface area contributed by atoms with Gasteiger partial charge >= 0.3 is 0 Å². The molecule has 0 spiro atoms. The quantitative estimate of drug-likeness (QED) is 0.881. The second-order valence-electron chi connectivity index (χ2n) is 6.45. The van der Waals surface area contributed by atoms with Gasteiger partial charge in [0.05, 0.1) is 16.1 Å². The molecule has 0 saturated carbocycles. The molecule has 20 heavy (non-hydrogen) atoms. The van der Waals surface area contributed by atoms with Gasteiger partial charge in [0, 0.05) is 12.1 Å². The van der Waals surface area contributed by atoms with E-state index in [9.17, 15) is 5.11 Å². The van der Waals surface area contributed by atoms with Crippen molar-refractivity contribution in [3.05, 3.63) is 33.8 Å². The fourth-order valence-corrected chi connectivity index (χ4v) is 3.05. The lowest BCUT2D eigenvalue weighted by Gasteiger charge is -2.37. The Morgan fingerprint density at radius 2 is 1.90 bits per heavy atom. The monoisotopic (exact) mass is 315 g/mol. The van der Waals surface area contributed by atoms with Crippen molar-refractivity contribution in [1.29, 1.82) is 0 Å². The van der Waals surface area contributed by atoms with E-state index in [1.165, 1.54) is 12.8 Å². The highest BCUT2D eigenvalue weighted by Crippen LogP contribution is 2.33. The molecule has 2 nitrogen and oxygen atoms in total. The van der Waals surface area contributed by atoms with Gasteiger partial charge < -0.3 is 10.0 Å². The van der Waals surface area contributed by atoms with Crippen LogP contribution in [-0.2, 0) is 0 Å². The van der Waals surface area contributed by atoms with Gasteiger partial charge in [-0.2, -0.15) is 0 Å². The number of piperidine rings is 1. The van der Waals surface area contributed by atoms with Crippen LogP contribution in [0.4, 0.5) is 0 Å². The standard InChI is InChI=1S/C16H23Cl2NO/c1-16(2)7-10-19(11-8-16)9-6-14(20)12-4-3-5-13(17)15(12)18/h3-5,14,20H,6-11H2,1-2H3. The first-order valence-electron chi connectivity index (χ1n) is 7.23. The lowest BCUT2D eigenvalue weighted by molar-refractivity contribution is 0.101. The Balaban J connectivity index is 1.87. The molecule has 1 atom stereocenters. The summed E-state index contributed by atoms with van der Waals surface area (Å²) in [5, 5.41) is 11.3. The molecule has 1 unspecified atom stereocenters.